The van der Waals surface area contributed by atoms with Crippen molar-refractivity contribution in [1.29, 1.82) is 0 Å². The first-order chi connectivity index (χ1) is 15.7. The number of anilines is 1. The Hall–Kier alpha value is -3.81. The van der Waals surface area contributed by atoms with Crippen LogP contribution in [0.2, 0.25) is 0 Å². The summed E-state index contributed by atoms with van der Waals surface area (Å²) in [6.45, 7) is 0.128. The number of aromatic nitrogens is 1. The normalized spacial score (nSPS) is 15.4. The van der Waals surface area contributed by atoms with E-state index in [1.54, 1.807) is 42.5 Å². The minimum absolute atomic E-state index is 0.123. The van der Waals surface area contributed by atoms with Gasteiger partial charge in [-0.1, -0.05) is 37.5 Å². The van der Waals surface area contributed by atoms with Crippen LogP contribution in [-0.2, 0) is 0 Å². The molecule has 2 heterocycles. The van der Waals surface area contributed by atoms with Crippen molar-refractivity contribution < 1.29 is 23.8 Å². The molecule has 0 bridgehead atoms. The van der Waals surface area contributed by atoms with Crippen LogP contribution in [0, 0.1) is 0 Å². The largest absolute Gasteiger partial charge is 0.454 e. The van der Waals surface area contributed by atoms with E-state index in [-0.39, 0.29) is 24.2 Å². The number of para-hydroxylation sites is 1. The molecule has 1 aliphatic carbocycles. The fourth-order valence-corrected chi connectivity index (χ4v) is 4.04. The Morgan fingerprint density at radius 1 is 0.969 bits per heavy atom. The van der Waals surface area contributed by atoms with Crippen LogP contribution < -0.4 is 24.8 Å². The average Bonchev–Trinajstić information content (AvgIpc) is 3.25. The minimum Gasteiger partial charge on any atom is -0.454 e. The molecule has 1 saturated carbocycles. The molecule has 2 aromatic carbocycles. The molecule has 0 radical (unpaired) electrons. The molecule has 5 rings (SSSR count). The SMILES string of the molecule is O=C(Nc1nc2cc3c(cc2cc1C(=O)Oc1ccccc1)OCO3)NC1CCCCC1. The summed E-state index contributed by atoms with van der Waals surface area (Å²) >= 11 is 0. The number of hydrogen-bond donors (Lipinski definition) is 2. The number of urea groups is 1. The van der Waals surface area contributed by atoms with Crippen molar-refractivity contribution >= 4 is 28.7 Å². The van der Waals surface area contributed by atoms with E-state index in [1.807, 2.05) is 6.07 Å². The third kappa shape index (κ3) is 4.30. The number of benzene rings is 2. The summed E-state index contributed by atoms with van der Waals surface area (Å²) in [6.07, 6.45) is 5.29. The van der Waals surface area contributed by atoms with E-state index >= 15 is 0 Å². The smallest absolute Gasteiger partial charge is 0.347 e. The summed E-state index contributed by atoms with van der Waals surface area (Å²) < 4.78 is 16.4. The molecule has 0 spiro atoms. The molecule has 1 fully saturated rings. The van der Waals surface area contributed by atoms with Crippen molar-refractivity contribution in [2.45, 2.75) is 38.1 Å². The lowest BCUT2D eigenvalue weighted by atomic mass is 9.96. The number of pyridine rings is 1. The van der Waals surface area contributed by atoms with Crippen LogP contribution in [0.4, 0.5) is 10.6 Å². The Labute approximate surface area is 184 Å². The van der Waals surface area contributed by atoms with Crippen LogP contribution >= 0.6 is 0 Å². The number of carbonyl (C=O) groups excluding carboxylic acids is 2. The van der Waals surface area contributed by atoms with Gasteiger partial charge >= 0.3 is 12.0 Å². The first kappa shape index (κ1) is 20.1. The maximum absolute atomic E-state index is 13.0. The summed E-state index contributed by atoms with van der Waals surface area (Å²) in [5.74, 6) is 1.07. The van der Waals surface area contributed by atoms with E-state index in [1.165, 1.54) is 6.42 Å². The number of nitrogens with zero attached hydrogens (tertiary/aromatic N) is 1. The fraction of sp³-hybridized carbons (Fsp3) is 0.292. The van der Waals surface area contributed by atoms with Gasteiger partial charge in [-0.15, -0.1) is 0 Å². The van der Waals surface area contributed by atoms with Crippen LogP contribution in [-0.4, -0.2) is 29.8 Å². The number of amides is 2. The summed E-state index contributed by atoms with van der Waals surface area (Å²) in [4.78, 5) is 30.2. The van der Waals surface area contributed by atoms with Crippen LogP contribution in [0.15, 0.2) is 48.5 Å². The average molecular weight is 433 g/mol. The Morgan fingerprint density at radius 2 is 1.72 bits per heavy atom. The Kier molecular flexibility index (Phi) is 5.49. The predicted molar refractivity (Wildman–Crippen MR) is 118 cm³/mol. The van der Waals surface area contributed by atoms with Crippen molar-refractivity contribution in [3.8, 4) is 17.2 Å². The lowest BCUT2D eigenvalue weighted by Crippen LogP contribution is -2.39. The second kappa shape index (κ2) is 8.74. The number of nitrogens with one attached hydrogen (secondary N) is 2. The Balaban J connectivity index is 1.46. The standard InChI is InChI=1S/C24H23N3O5/c28-23(32-17-9-5-2-6-10-17)18-11-15-12-20-21(31-14-30-20)13-19(15)26-22(18)27-24(29)25-16-7-3-1-4-8-16/h2,5-6,9-13,16H,1,3-4,7-8,14H2,(H2,25,26,27,29). The molecule has 8 nitrogen and oxygen atoms in total. The maximum atomic E-state index is 13.0. The zero-order valence-corrected chi connectivity index (χ0v) is 17.4. The lowest BCUT2D eigenvalue weighted by molar-refractivity contribution is 0.0735. The van der Waals surface area contributed by atoms with Gasteiger partial charge in [0.25, 0.3) is 0 Å². The fourth-order valence-electron chi connectivity index (χ4n) is 4.04. The highest BCUT2D eigenvalue weighted by Gasteiger charge is 2.23. The molecule has 2 N–H and O–H groups in total. The molecular formula is C24H23N3O5. The summed E-state index contributed by atoms with van der Waals surface area (Å²) in [6, 6.07) is 13.6. The van der Waals surface area contributed by atoms with Crippen molar-refractivity contribution in [1.82, 2.24) is 10.3 Å². The number of fused-ring (bicyclic) bond motifs is 2. The molecule has 0 unspecified atom stereocenters. The number of hydrogen-bond acceptors (Lipinski definition) is 6. The highest BCUT2D eigenvalue weighted by molar-refractivity contribution is 6.04. The zero-order valence-electron chi connectivity index (χ0n) is 17.4. The van der Waals surface area contributed by atoms with Crippen molar-refractivity contribution in [3.05, 3.63) is 54.1 Å². The van der Waals surface area contributed by atoms with Gasteiger partial charge in [-0.05, 0) is 37.1 Å². The molecule has 2 aliphatic rings. The first-order valence-corrected chi connectivity index (χ1v) is 10.7. The zero-order chi connectivity index (χ0) is 21.9. The second-order valence-corrected chi connectivity index (χ2v) is 7.92. The van der Waals surface area contributed by atoms with E-state index in [2.05, 4.69) is 15.6 Å². The molecule has 0 saturated heterocycles. The van der Waals surface area contributed by atoms with Gasteiger partial charge in [0.1, 0.15) is 17.1 Å². The quantitative estimate of drug-likeness (QED) is 0.460. The number of rotatable bonds is 4. The van der Waals surface area contributed by atoms with Crippen LogP contribution in [0.5, 0.6) is 17.2 Å². The summed E-state index contributed by atoms with van der Waals surface area (Å²) in [5, 5.41) is 6.41. The molecule has 1 aliphatic heterocycles. The van der Waals surface area contributed by atoms with Gasteiger partial charge in [0.15, 0.2) is 11.5 Å². The summed E-state index contributed by atoms with van der Waals surface area (Å²) in [7, 11) is 0. The predicted octanol–water partition coefficient (Wildman–Crippen LogP) is 4.64. The lowest BCUT2D eigenvalue weighted by Gasteiger charge is -2.23. The van der Waals surface area contributed by atoms with Crippen molar-refractivity contribution in [2.75, 3.05) is 12.1 Å². The van der Waals surface area contributed by atoms with E-state index in [0.717, 1.165) is 25.7 Å². The van der Waals surface area contributed by atoms with E-state index in [4.69, 9.17) is 14.2 Å². The Bertz CT molecular complexity index is 1160. The summed E-state index contributed by atoms with van der Waals surface area (Å²) in [5.41, 5.74) is 0.720. The molecule has 164 valence electrons. The van der Waals surface area contributed by atoms with Crippen LogP contribution in [0.25, 0.3) is 10.9 Å². The van der Waals surface area contributed by atoms with Crippen LogP contribution in [0.3, 0.4) is 0 Å². The van der Waals surface area contributed by atoms with Gasteiger partial charge in [-0.3, -0.25) is 5.32 Å². The van der Waals surface area contributed by atoms with Crippen molar-refractivity contribution in [3.63, 3.8) is 0 Å². The molecule has 2 amide bonds. The van der Waals surface area contributed by atoms with E-state index in [0.29, 0.717) is 28.2 Å². The molecule has 3 aromatic rings. The van der Waals surface area contributed by atoms with Gasteiger partial charge in [-0.25, -0.2) is 14.6 Å². The van der Waals surface area contributed by atoms with Gasteiger partial charge in [0.2, 0.25) is 6.79 Å². The van der Waals surface area contributed by atoms with Crippen molar-refractivity contribution in [2.24, 2.45) is 0 Å². The maximum Gasteiger partial charge on any atom is 0.347 e. The number of ether oxygens (including phenoxy) is 3. The van der Waals surface area contributed by atoms with Gasteiger partial charge in [0.05, 0.1) is 5.52 Å². The molecular weight excluding hydrogens is 410 g/mol. The van der Waals surface area contributed by atoms with Gasteiger partial charge in [-0.2, -0.15) is 0 Å². The highest BCUT2D eigenvalue weighted by Crippen LogP contribution is 2.36. The second-order valence-electron chi connectivity index (χ2n) is 7.92. The van der Waals surface area contributed by atoms with E-state index < -0.39 is 12.0 Å². The van der Waals surface area contributed by atoms with Gasteiger partial charge < -0.3 is 19.5 Å². The highest BCUT2D eigenvalue weighted by atomic mass is 16.7. The third-order valence-electron chi connectivity index (χ3n) is 5.66. The Morgan fingerprint density at radius 3 is 2.50 bits per heavy atom. The molecule has 32 heavy (non-hydrogen) atoms. The minimum atomic E-state index is -0.615. The van der Waals surface area contributed by atoms with E-state index in [9.17, 15) is 9.59 Å². The third-order valence-corrected chi connectivity index (χ3v) is 5.66. The molecule has 0 atom stereocenters. The molecule has 1 aromatic heterocycles. The number of esters is 1. The topological polar surface area (TPSA) is 98.8 Å². The first-order valence-electron chi connectivity index (χ1n) is 10.7. The molecule has 8 heteroatoms. The monoisotopic (exact) mass is 433 g/mol. The van der Waals surface area contributed by atoms with Gasteiger partial charge in [0, 0.05) is 17.5 Å². The number of carbonyl (C=O) groups is 2. The van der Waals surface area contributed by atoms with Crippen LogP contribution in [0.1, 0.15) is 42.5 Å².